The van der Waals surface area contributed by atoms with E-state index in [1.807, 2.05) is 115 Å². The Kier molecular flexibility index (Phi) is 5.77. The van der Waals surface area contributed by atoms with Crippen LogP contribution in [0.2, 0.25) is 0 Å². The van der Waals surface area contributed by atoms with Crippen molar-refractivity contribution in [3.8, 4) is 33.4 Å². The summed E-state index contributed by atoms with van der Waals surface area (Å²) in [5.41, 5.74) is 5.08. The molecule has 0 aliphatic rings. The van der Waals surface area contributed by atoms with Gasteiger partial charge < -0.3 is 0 Å². The molecule has 0 saturated carbocycles. The van der Waals surface area contributed by atoms with Crippen molar-refractivity contribution in [2.45, 2.75) is 4.90 Å². The molecule has 3 nitrogen and oxygen atoms in total. The van der Waals surface area contributed by atoms with Gasteiger partial charge in [0.15, 0.2) is 0 Å². The van der Waals surface area contributed by atoms with E-state index in [1.54, 1.807) is 0 Å². The van der Waals surface area contributed by atoms with Crippen molar-refractivity contribution in [3.63, 3.8) is 0 Å². The van der Waals surface area contributed by atoms with Gasteiger partial charge in [0.05, 0.1) is 0 Å². The molecule has 162 valence electrons. The number of benzene rings is 5. The summed E-state index contributed by atoms with van der Waals surface area (Å²) >= 11 is 3.73. The number of rotatable bonds is 5. The van der Waals surface area contributed by atoms with Crippen molar-refractivity contribution in [2.75, 3.05) is 0 Å². The third-order valence-electron chi connectivity index (χ3n) is 5.70. The van der Waals surface area contributed by atoms with Crippen LogP contribution < -0.4 is 0 Å². The summed E-state index contributed by atoms with van der Waals surface area (Å²) in [6.07, 6.45) is 0. The Morgan fingerprint density at radius 1 is 0.485 bits per heavy atom. The molecule has 0 heterocycles. The van der Waals surface area contributed by atoms with Crippen LogP contribution in [0.1, 0.15) is 0 Å². The Morgan fingerprint density at radius 3 is 1.36 bits per heavy atom. The first-order valence-corrected chi connectivity index (χ1v) is 12.2. The fraction of sp³-hybridized carbons (Fsp3) is 0. The van der Waals surface area contributed by atoms with E-state index in [0.717, 1.165) is 33.2 Å². The summed E-state index contributed by atoms with van der Waals surface area (Å²) in [4.78, 5) is 0.109. The van der Waals surface area contributed by atoms with Gasteiger partial charge in [0.2, 0.25) is 0 Å². The lowest BCUT2D eigenvalue weighted by atomic mass is 9.84. The summed E-state index contributed by atoms with van der Waals surface area (Å²) in [5.74, 6) is 0. The first-order chi connectivity index (χ1) is 16.1. The van der Waals surface area contributed by atoms with Gasteiger partial charge in [0.1, 0.15) is 4.90 Å². The minimum atomic E-state index is -4.17. The van der Waals surface area contributed by atoms with Crippen molar-refractivity contribution in [1.82, 2.24) is 0 Å². The lowest BCUT2D eigenvalue weighted by Gasteiger charge is -2.23. The second-order valence-electron chi connectivity index (χ2n) is 7.63. The van der Waals surface area contributed by atoms with Gasteiger partial charge in [0, 0.05) is 10.9 Å². The van der Waals surface area contributed by atoms with Gasteiger partial charge in [-0.3, -0.25) is 0 Å². The van der Waals surface area contributed by atoms with Gasteiger partial charge in [0.25, 0.3) is 0 Å². The molecule has 0 spiro atoms. The number of fused-ring (bicyclic) bond motifs is 1. The molecule has 0 saturated heterocycles. The van der Waals surface area contributed by atoms with Crippen molar-refractivity contribution < 1.29 is 12.0 Å². The molecule has 0 atom stereocenters. The molecule has 33 heavy (non-hydrogen) atoms. The molecule has 5 heteroatoms. The number of thiol groups is 1. The predicted molar refractivity (Wildman–Crippen MR) is 138 cm³/mol. The Bertz CT molecular complexity index is 1530. The third kappa shape index (κ3) is 3.85. The van der Waals surface area contributed by atoms with Crippen LogP contribution in [0.3, 0.4) is 0 Å². The molecule has 0 amide bonds. The van der Waals surface area contributed by atoms with Gasteiger partial charge in [-0.1, -0.05) is 115 Å². The standard InChI is InChI=1S/C28H20O3S2/c29-33(30,31-32)28-24-19-11-10-18-23(24)25(20-12-4-1-5-13-20)26(21-14-6-2-7-15-21)27(28)22-16-8-3-9-17-22/h1-19,32H. The van der Waals surface area contributed by atoms with Crippen LogP contribution in [0.15, 0.2) is 120 Å². The largest absolute Gasteiger partial charge is 0.308 e. The molecule has 0 aromatic heterocycles. The molecule has 5 aromatic rings. The summed E-state index contributed by atoms with van der Waals surface area (Å²) in [6.45, 7) is 0. The molecular weight excluding hydrogens is 448 g/mol. The topological polar surface area (TPSA) is 43.4 Å². The highest BCUT2D eigenvalue weighted by molar-refractivity contribution is 7.95. The van der Waals surface area contributed by atoms with Gasteiger partial charge in [-0.25, -0.2) is 0 Å². The number of hydrogen-bond acceptors (Lipinski definition) is 4. The summed E-state index contributed by atoms with van der Waals surface area (Å²) in [7, 11) is -4.17. The van der Waals surface area contributed by atoms with E-state index in [2.05, 4.69) is 12.9 Å². The van der Waals surface area contributed by atoms with E-state index in [9.17, 15) is 8.42 Å². The van der Waals surface area contributed by atoms with Crippen LogP contribution in [0.25, 0.3) is 44.2 Å². The van der Waals surface area contributed by atoms with Crippen LogP contribution in [-0.4, -0.2) is 8.42 Å². The Balaban J connectivity index is 2.11. The molecule has 0 unspecified atom stereocenters. The van der Waals surface area contributed by atoms with Crippen LogP contribution in [-0.2, 0) is 13.7 Å². The Labute approximate surface area is 199 Å². The van der Waals surface area contributed by atoms with Gasteiger partial charge in [-0.05, 0) is 46.1 Å². The van der Waals surface area contributed by atoms with E-state index in [4.69, 9.17) is 3.63 Å². The molecule has 0 fully saturated rings. The van der Waals surface area contributed by atoms with Crippen LogP contribution in [0.5, 0.6) is 0 Å². The minimum absolute atomic E-state index is 0.109. The van der Waals surface area contributed by atoms with E-state index in [0.29, 0.717) is 10.9 Å². The normalized spacial score (nSPS) is 11.5. The van der Waals surface area contributed by atoms with Crippen LogP contribution in [0.4, 0.5) is 0 Å². The second kappa shape index (κ2) is 8.87. The van der Waals surface area contributed by atoms with E-state index in [1.165, 1.54) is 0 Å². The van der Waals surface area contributed by atoms with E-state index in [-0.39, 0.29) is 4.90 Å². The Hall–Kier alpha value is -3.38. The summed E-state index contributed by atoms with van der Waals surface area (Å²) in [6, 6.07) is 37.0. The monoisotopic (exact) mass is 468 g/mol. The zero-order valence-electron chi connectivity index (χ0n) is 17.5. The highest BCUT2D eigenvalue weighted by Gasteiger charge is 2.29. The average molecular weight is 469 g/mol. The first kappa shape index (κ1) is 21.5. The highest BCUT2D eigenvalue weighted by atomic mass is 32.3. The zero-order valence-corrected chi connectivity index (χ0v) is 19.3. The quantitative estimate of drug-likeness (QED) is 0.216. The van der Waals surface area contributed by atoms with Crippen LogP contribution >= 0.6 is 12.9 Å². The second-order valence-corrected chi connectivity index (χ2v) is 9.54. The molecule has 0 aliphatic carbocycles. The molecule has 0 bridgehead atoms. The lowest BCUT2D eigenvalue weighted by Crippen LogP contribution is -2.07. The van der Waals surface area contributed by atoms with Crippen molar-refractivity contribution in [1.29, 1.82) is 0 Å². The first-order valence-electron chi connectivity index (χ1n) is 10.4. The van der Waals surface area contributed by atoms with Crippen molar-refractivity contribution >= 4 is 33.8 Å². The van der Waals surface area contributed by atoms with E-state index >= 15 is 0 Å². The van der Waals surface area contributed by atoms with E-state index < -0.39 is 10.1 Å². The smallest absolute Gasteiger partial charge is 0.197 e. The van der Waals surface area contributed by atoms with Crippen LogP contribution in [0, 0.1) is 0 Å². The average Bonchev–Trinajstić information content (AvgIpc) is 2.88. The highest BCUT2D eigenvalue weighted by Crippen LogP contribution is 2.49. The fourth-order valence-corrected chi connectivity index (χ4v) is 5.60. The summed E-state index contributed by atoms with van der Waals surface area (Å²) in [5, 5.41) is 1.41. The summed E-state index contributed by atoms with van der Waals surface area (Å²) < 4.78 is 31.5. The molecule has 0 aliphatic heterocycles. The van der Waals surface area contributed by atoms with Crippen molar-refractivity contribution in [2.24, 2.45) is 0 Å². The molecule has 0 N–H and O–H groups in total. The lowest BCUT2D eigenvalue weighted by molar-refractivity contribution is 0.523. The maximum atomic E-state index is 13.3. The predicted octanol–water partition coefficient (Wildman–Crippen LogP) is 7.39. The maximum absolute atomic E-state index is 13.3. The third-order valence-corrected chi connectivity index (χ3v) is 7.41. The molecule has 5 aromatic carbocycles. The Morgan fingerprint density at radius 2 is 0.879 bits per heavy atom. The maximum Gasteiger partial charge on any atom is 0.308 e. The zero-order chi connectivity index (χ0) is 22.8. The fourth-order valence-electron chi connectivity index (χ4n) is 4.38. The van der Waals surface area contributed by atoms with Gasteiger partial charge in [-0.15, -0.1) is 0 Å². The number of hydrogen-bond donors (Lipinski definition) is 1. The minimum Gasteiger partial charge on any atom is -0.197 e. The SMILES string of the molecule is O=S(=O)(OS)c1c(-c2ccccc2)c(-c2ccccc2)c(-c2ccccc2)c2ccccc12. The van der Waals surface area contributed by atoms with Gasteiger partial charge >= 0.3 is 10.1 Å². The molecule has 5 rings (SSSR count). The van der Waals surface area contributed by atoms with Crippen molar-refractivity contribution in [3.05, 3.63) is 115 Å². The van der Waals surface area contributed by atoms with Gasteiger partial charge in [-0.2, -0.15) is 12.0 Å². The molecule has 0 radical (unpaired) electrons. The molecular formula is C28H20O3S2.